The maximum atomic E-state index is 12.0. The summed E-state index contributed by atoms with van der Waals surface area (Å²) >= 11 is 3.34. The second kappa shape index (κ2) is 5.98. The molecule has 0 aliphatic carbocycles. The van der Waals surface area contributed by atoms with Gasteiger partial charge in [0, 0.05) is 4.47 Å². The van der Waals surface area contributed by atoms with Crippen LogP contribution in [0.4, 0.5) is 5.69 Å². The Kier molecular flexibility index (Phi) is 4.34. The molecule has 0 aromatic heterocycles. The van der Waals surface area contributed by atoms with Crippen LogP contribution < -0.4 is 10.6 Å². The van der Waals surface area contributed by atoms with Gasteiger partial charge in [-0.05, 0) is 37.6 Å². The van der Waals surface area contributed by atoms with Crippen molar-refractivity contribution >= 4 is 27.5 Å². The van der Waals surface area contributed by atoms with Crippen LogP contribution in [0.3, 0.4) is 0 Å². The first-order valence-electron chi connectivity index (χ1n) is 5.94. The summed E-state index contributed by atoms with van der Waals surface area (Å²) < 4.78 is 0.841. The van der Waals surface area contributed by atoms with Crippen LogP contribution >= 0.6 is 15.9 Å². The number of rotatable bonds is 2. The minimum Gasteiger partial charge on any atom is -0.324 e. The zero-order chi connectivity index (χ0) is 13.0. The summed E-state index contributed by atoms with van der Waals surface area (Å²) in [5.41, 5.74) is 1.03. The van der Waals surface area contributed by atoms with Gasteiger partial charge in [-0.1, -0.05) is 22.4 Å². The minimum absolute atomic E-state index is 0.0655. The molecule has 1 fully saturated rings. The average molecular weight is 308 g/mol. The molecular formula is C13H14BrN3O. The summed E-state index contributed by atoms with van der Waals surface area (Å²) in [6.07, 6.45) is 3.03. The number of piperidine rings is 1. The monoisotopic (exact) mass is 307 g/mol. The topological polar surface area (TPSA) is 64.9 Å². The maximum Gasteiger partial charge on any atom is 0.241 e. The maximum absolute atomic E-state index is 12.0. The van der Waals surface area contributed by atoms with Gasteiger partial charge < -0.3 is 10.6 Å². The third-order valence-electron chi connectivity index (χ3n) is 2.99. The van der Waals surface area contributed by atoms with Crippen molar-refractivity contribution in [3.63, 3.8) is 0 Å². The van der Waals surface area contributed by atoms with E-state index < -0.39 is 0 Å². The molecule has 1 atom stereocenters. The van der Waals surface area contributed by atoms with E-state index in [1.165, 1.54) is 0 Å². The van der Waals surface area contributed by atoms with E-state index in [2.05, 4.69) is 32.6 Å². The molecule has 18 heavy (non-hydrogen) atoms. The number of anilines is 1. The van der Waals surface area contributed by atoms with E-state index in [1.54, 1.807) is 18.2 Å². The molecule has 1 saturated heterocycles. The van der Waals surface area contributed by atoms with Crippen molar-refractivity contribution in [3.8, 4) is 6.07 Å². The Labute approximate surface area is 115 Å². The number of halogens is 1. The molecule has 0 bridgehead atoms. The summed E-state index contributed by atoms with van der Waals surface area (Å²) in [6, 6.07) is 7.15. The molecular weight excluding hydrogens is 294 g/mol. The number of carbonyl (C=O) groups is 1. The van der Waals surface area contributed by atoms with E-state index in [4.69, 9.17) is 5.26 Å². The van der Waals surface area contributed by atoms with Crippen molar-refractivity contribution in [2.75, 3.05) is 11.9 Å². The summed E-state index contributed by atoms with van der Waals surface area (Å²) in [4.78, 5) is 12.0. The van der Waals surface area contributed by atoms with Crippen molar-refractivity contribution in [3.05, 3.63) is 28.2 Å². The Morgan fingerprint density at radius 2 is 2.33 bits per heavy atom. The van der Waals surface area contributed by atoms with Gasteiger partial charge in [-0.3, -0.25) is 4.79 Å². The average Bonchev–Trinajstić information content (AvgIpc) is 2.40. The Hall–Kier alpha value is -1.38. The van der Waals surface area contributed by atoms with Gasteiger partial charge in [0.2, 0.25) is 5.91 Å². The number of hydrogen-bond donors (Lipinski definition) is 2. The Bertz CT molecular complexity index is 489. The first kappa shape index (κ1) is 13.1. The molecule has 1 heterocycles. The van der Waals surface area contributed by atoms with E-state index >= 15 is 0 Å². The summed E-state index contributed by atoms with van der Waals surface area (Å²) in [5.74, 6) is -0.0655. The van der Waals surface area contributed by atoms with Crippen LogP contribution in [-0.4, -0.2) is 18.5 Å². The molecule has 2 rings (SSSR count). The van der Waals surface area contributed by atoms with Gasteiger partial charge >= 0.3 is 0 Å². The fourth-order valence-corrected chi connectivity index (χ4v) is 2.37. The number of nitrogens with zero attached hydrogens (tertiary/aromatic N) is 1. The molecule has 1 aliphatic rings. The lowest BCUT2D eigenvalue weighted by molar-refractivity contribution is -0.118. The van der Waals surface area contributed by atoms with Gasteiger partial charge in [-0.25, -0.2) is 0 Å². The first-order valence-corrected chi connectivity index (χ1v) is 6.74. The zero-order valence-corrected chi connectivity index (χ0v) is 11.5. The molecule has 4 nitrogen and oxygen atoms in total. The van der Waals surface area contributed by atoms with Crippen LogP contribution in [0.5, 0.6) is 0 Å². The summed E-state index contributed by atoms with van der Waals surface area (Å²) in [6.45, 7) is 0.877. The third-order valence-corrected chi connectivity index (χ3v) is 3.48. The highest BCUT2D eigenvalue weighted by atomic mass is 79.9. The quantitative estimate of drug-likeness (QED) is 0.882. The van der Waals surface area contributed by atoms with Crippen LogP contribution in [-0.2, 0) is 4.79 Å². The van der Waals surface area contributed by atoms with Gasteiger partial charge in [0.25, 0.3) is 0 Å². The fraction of sp³-hybridized carbons (Fsp3) is 0.385. The number of nitriles is 1. The van der Waals surface area contributed by atoms with Gasteiger partial charge in [0.1, 0.15) is 6.07 Å². The van der Waals surface area contributed by atoms with Crippen LogP contribution in [0.1, 0.15) is 24.8 Å². The first-order chi connectivity index (χ1) is 8.70. The van der Waals surface area contributed by atoms with Crippen molar-refractivity contribution in [1.29, 1.82) is 5.26 Å². The number of carbonyl (C=O) groups excluding carboxylic acids is 1. The predicted octanol–water partition coefficient (Wildman–Crippen LogP) is 2.40. The lowest BCUT2D eigenvalue weighted by Gasteiger charge is -2.22. The van der Waals surface area contributed by atoms with Crippen LogP contribution in [0.2, 0.25) is 0 Å². The number of nitrogens with one attached hydrogen (secondary N) is 2. The summed E-state index contributed by atoms with van der Waals surface area (Å²) in [5, 5.41) is 15.0. The van der Waals surface area contributed by atoms with Crippen LogP contribution in [0, 0.1) is 11.3 Å². The largest absolute Gasteiger partial charge is 0.324 e. The van der Waals surface area contributed by atoms with Gasteiger partial charge in [0.15, 0.2) is 0 Å². The van der Waals surface area contributed by atoms with E-state index in [-0.39, 0.29) is 11.9 Å². The minimum atomic E-state index is -0.149. The predicted molar refractivity (Wildman–Crippen MR) is 73.1 cm³/mol. The second-order valence-electron chi connectivity index (χ2n) is 4.29. The second-order valence-corrected chi connectivity index (χ2v) is 5.21. The van der Waals surface area contributed by atoms with Crippen LogP contribution in [0.25, 0.3) is 0 Å². The molecule has 1 aliphatic heterocycles. The molecule has 94 valence electrons. The SMILES string of the molecule is N#Cc1ccc(Br)cc1NC(=O)[C@H]1CCCCN1. The van der Waals surface area contributed by atoms with E-state index in [9.17, 15) is 4.79 Å². The third kappa shape index (κ3) is 3.09. The van der Waals surface area contributed by atoms with Gasteiger partial charge in [-0.2, -0.15) is 5.26 Å². The Balaban J connectivity index is 2.11. The molecule has 1 amide bonds. The summed E-state index contributed by atoms with van der Waals surface area (Å²) in [7, 11) is 0. The number of amides is 1. The normalized spacial score (nSPS) is 19.0. The van der Waals surface area contributed by atoms with E-state index in [1.807, 2.05) is 0 Å². The molecule has 0 unspecified atom stereocenters. The van der Waals surface area contributed by atoms with Crippen molar-refractivity contribution < 1.29 is 4.79 Å². The van der Waals surface area contributed by atoms with E-state index in [0.29, 0.717) is 11.3 Å². The lowest BCUT2D eigenvalue weighted by Crippen LogP contribution is -2.43. The van der Waals surface area contributed by atoms with Crippen molar-refractivity contribution in [2.24, 2.45) is 0 Å². The highest BCUT2D eigenvalue weighted by Gasteiger charge is 2.21. The van der Waals surface area contributed by atoms with E-state index in [0.717, 1.165) is 30.3 Å². The van der Waals surface area contributed by atoms with Crippen molar-refractivity contribution in [1.82, 2.24) is 5.32 Å². The molecule has 0 radical (unpaired) electrons. The molecule has 0 spiro atoms. The molecule has 1 aromatic carbocycles. The van der Waals surface area contributed by atoms with Gasteiger partial charge in [-0.15, -0.1) is 0 Å². The Morgan fingerprint density at radius 3 is 3.00 bits per heavy atom. The van der Waals surface area contributed by atoms with Gasteiger partial charge in [0.05, 0.1) is 17.3 Å². The van der Waals surface area contributed by atoms with Crippen LogP contribution in [0.15, 0.2) is 22.7 Å². The number of benzene rings is 1. The Morgan fingerprint density at radius 1 is 1.50 bits per heavy atom. The molecule has 1 aromatic rings. The highest BCUT2D eigenvalue weighted by molar-refractivity contribution is 9.10. The smallest absolute Gasteiger partial charge is 0.241 e. The lowest BCUT2D eigenvalue weighted by atomic mass is 10.0. The number of hydrogen-bond acceptors (Lipinski definition) is 3. The van der Waals surface area contributed by atoms with Crippen molar-refractivity contribution in [2.45, 2.75) is 25.3 Å². The highest BCUT2D eigenvalue weighted by Crippen LogP contribution is 2.21. The molecule has 0 saturated carbocycles. The zero-order valence-electron chi connectivity index (χ0n) is 9.87. The standard InChI is InChI=1S/C13H14BrN3O/c14-10-5-4-9(8-15)12(7-10)17-13(18)11-3-1-2-6-16-11/h4-5,7,11,16H,1-3,6H2,(H,17,18)/t11-/m1/s1. The molecule has 2 N–H and O–H groups in total. The molecule has 5 heteroatoms. The fourth-order valence-electron chi connectivity index (χ4n) is 2.01.